The number of amides is 2. The van der Waals surface area contributed by atoms with Gasteiger partial charge in [0.15, 0.2) is 0 Å². The number of nitrogens with one attached hydrogen (secondary N) is 2. The van der Waals surface area contributed by atoms with Crippen molar-refractivity contribution in [2.45, 2.75) is 64.4 Å². The van der Waals surface area contributed by atoms with Crippen molar-refractivity contribution in [2.24, 2.45) is 17.6 Å². The molecule has 2 amide bonds. The van der Waals surface area contributed by atoms with Gasteiger partial charge in [0.05, 0.1) is 6.10 Å². The lowest BCUT2D eigenvalue weighted by atomic mass is 9.93. The van der Waals surface area contributed by atoms with Gasteiger partial charge in [-0.25, -0.2) is 11.7 Å². The standard InChI is InChI=1S/C13H28N4O3/c1-2-3-4-5-6-11(18)9-10(13(20)17-15)7-8-12(19)16-14/h10-11,18H,2-9,14-15H2,1H3,(H,16,19)(H,17,20)/t10-,11-/m0/s1. The molecule has 0 rings (SSSR count). The summed E-state index contributed by atoms with van der Waals surface area (Å²) in [7, 11) is 0. The number of aliphatic hydroxyl groups is 1. The molecule has 2 atom stereocenters. The Morgan fingerprint density at radius 2 is 1.80 bits per heavy atom. The maximum Gasteiger partial charge on any atom is 0.237 e. The van der Waals surface area contributed by atoms with Crippen LogP contribution in [-0.4, -0.2) is 23.0 Å². The van der Waals surface area contributed by atoms with E-state index in [1.165, 1.54) is 0 Å². The van der Waals surface area contributed by atoms with Gasteiger partial charge < -0.3 is 5.11 Å². The van der Waals surface area contributed by atoms with Gasteiger partial charge in [-0.05, 0) is 19.3 Å². The van der Waals surface area contributed by atoms with Crippen molar-refractivity contribution < 1.29 is 14.7 Å². The summed E-state index contributed by atoms with van der Waals surface area (Å²) < 4.78 is 0. The molecule has 7 nitrogen and oxygen atoms in total. The van der Waals surface area contributed by atoms with Gasteiger partial charge in [-0.3, -0.25) is 20.4 Å². The topological polar surface area (TPSA) is 130 Å². The Morgan fingerprint density at radius 1 is 1.10 bits per heavy atom. The van der Waals surface area contributed by atoms with Gasteiger partial charge in [-0.2, -0.15) is 0 Å². The average Bonchev–Trinajstić information content (AvgIpc) is 2.46. The van der Waals surface area contributed by atoms with E-state index in [0.717, 1.165) is 25.7 Å². The Morgan fingerprint density at radius 3 is 2.35 bits per heavy atom. The molecule has 0 spiro atoms. The summed E-state index contributed by atoms with van der Waals surface area (Å²) in [5, 5.41) is 9.94. The molecule has 7 N–H and O–H groups in total. The van der Waals surface area contributed by atoms with E-state index >= 15 is 0 Å². The Bertz CT molecular complexity index is 287. The third-order valence-corrected chi connectivity index (χ3v) is 3.34. The highest BCUT2D eigenvalue weighted by molar-refractivity contribution is 5.80. The Hall–Kier alpha value is -1.18. The van der Waals surface area contributed by atoms with Gasteiger partial charge in [0.2, 0.25) is 11.8 Å². The molecular weight excluding hydrogens is 260 g/mol. The summed E-state index contributed by atoms with van der Waals surface area (Å²) in [5.74, 6) is 8.94. The van der Waals surface area contributed by atoms with Crippen molar-refractivity contribution in [3.05, 3.63) is 0 Å². The summed E-state index contributed by atoms with van der Waals surface area (Å²) in [5.41, 5.74) is 4.09. The van der Waals surface area contributed by atoms with E-state index in [-0.39, 0.29) is 18.2 Å². The molecule has 118 valence electrons. The molecule has 0 aromatic heterocycles. The second-order valence-corrected chi connectivity index (χ2v) is 5.05. The molecule has 0 unspecified atom stereocenters. The number of hydrogen-bond donors (Lipinski definition) is 5. The first-order valence-corrected chi connectivity index (χ1v) is 7.23. The van der Waals surface area contributed by atoms with Gasteiger partial charge in [0.1, 0.15) is 0 Å². The van der Waals surface area contributed by atoms with Crippen molar-refractivity contribution >= 4 is 11.8 Å². The molecule has 0 aliphatic carbocycles. The Balaban J connectivity index is 4.13. The van der Waals surface area contributed by atoms with Crippen molar-refractivity contribution in [1.29, 1.82) is 0 Å². The first-order valence-electron chi connectivity index (χ1n) is 7.23. The van der Waals surface area contributed by atoms with Crippen LogP contribution in [0, 0.1) is 5.92 Å². The van der Waals surface area contributed by atoms with Crippen LogP contribution in [-0.2, 0) is 9.59 Å². The van der Waals surface area contributed by atoms with Crippen LogP contribution in [0.2, 0.25) is 0 Å². The third kappa shape index (κ3) is 8.84. The molecule has 7 heteroatoms. The van der Waals surface area contributed by atoms with E-state index in [1.807, 2.05) is 5.43 Å². The first-order chi connectivity index (χ1) is 9.54. The highest BCUT2D eigenvalue weighted by Gasteiger charge is 2.22. The predicted octanol–water partition coefficient (Wildman–Crippen LogP) is 0.0840. The zero-order valence-corrected chi connectivity index (χ0v) is 12.2. The predicted molar refractivity (Wildman–Crippen MR) is 76.8 cm³/mol. The second-order valence-electron chi connectivity index (χ2n) is 5.05. The maximum atomic E-state index is 11.6. The molecule has 0 aliphatic rings. The van der Waals surface area contributed by atoms with Gasteiger partial charge in [0.25, 0.3) is 0 Å². The highest BCUT2D eigenvalue weighted by Crippen LogP contribution is 2.17. The van der Waals surface area contributed by atoms with Gasteiger partial charge in [0, 0.05) is 12.3 Å². The zero-order chi connectivity index (χ0) is 15.4. The van der Waals surface area contributed by atoms with E-state index in [2.05, 4.69) is 12.3 Å². The van der Waals surface area contributed by atoms with Crippen molar-refractivity contribution in [1.82, 2.24) is 10.9 Å². The zero-order valence-electron chi connectivity index (χ0n) is 12.2. The molecule has 0 aromatic rings. The van der Waals surface area contributed by atoms with E-state index in [4.69, 9.17) is 11.7 Å². The molecule has 0 saturated heterocycles. The van der Waals surface area contributed by atoms with Crippen LogP contribution in [0.25, 0.3) is 0 Å². The highest BCUT2D eigenvalue weighted by atomic mass is 16.3. The molecule has 0 fully saturated rings. The minimum Gasteiger partial charge on any atom is -0.393 e. The van der Waals surface area contributed by atoms with E-state index in [1.54, 1.807) is 0 Å². The lowest BCUT2D eigenvalue weighted by Crippen LogP contribution is -2.38. The van der Waals surface area contributed by atoms with Crippen LogP contribution >= 0.6 is 0 Å². The van der Waals surface area contributed by atoms with Crippen molar-refractivity contribution in [3.8, 4) is 0 Å². The number of aliphatic hydroxyl groups excluding tert-OH is 1. The summed E-state index contributed by atoms with van der Waals surface area (Å²) >= 11 is 0. The second kappa shape index (κ2) is 11.6. The quantitative estimate of drug-likeness (QED) is 0.159. The molecule has 0 saturated carbocycles. The maximum absolute atomic E-state index is 11.6. The Labute approximate surface area is 120 Å². The summed E-state index contributed by atoms with van der Waals surface area (Å²) in [6, 6.07) is 0. The van der Waals surface area contributed by atoms with Crippen LogP contribution in [0.1, 0.15) is 58.3 Å². The molecule has 0 aromatic carbocycles. The van der Waals surface area contributed by atoms with Crippen molar-refractivity contribution in [3.63, 3.8) is 0 Å². The summed E-state index contributed by atoms with van der Waals surface area (Å²) in [4.78, 5) is 22.7. The number of unbranched alkanes of at least 4 members (excludes halogenated alkanes) is 3. The minimum absolute atomic E-state index is 0.136. The first kappa shape index (κ1) is 18.8. The molecule has 0 bridgehead atoms. The fraction of sp³-hybridized carbons (Fsp3) is 0.846. The monoisotopic (exact) mass is 288 g/mol. The Kier molecular flexibility index (Phi) is 10.9. The summed E-state index contributed by atoms with van der Waals surface area (Å²) in [6.07, 6.45) is 5.19. The molecule has 0 radical (unpaired) electrons. The number of hydrazine groups is 2. The third-order valence-electron chi connectivity index (χ3n) is 3.34. The summed E-state index contributed by atoms with van der Waals surface area (Å²) in [6.45, 7) is 2.13. The van der Waals surface area contributed by atoms with Crippen LogP contribution in [0.5, 0.6) is 0 Å². The number of hydrogen-bond acceptors (Lipinski definition) is 5. The normalized spacial score (nSPS) is 13.6. The van der Waals surface area contributed by atoms with Crippen LogP contribution in [0.15, 0.2) is 0 Å². The van der Waals surface area contributed by atoms with Crippen molar-refractivity contribution in [2.75, 3.05) is 0 Å². The number of carbonyl (C=O) groups is 2. The average molecular weight is 288 g/mol. The molecular formula is C13H28N4O3. The minimum atomic E-state index is -0.546. The molecule has 20 heavy (non-hydrogen) atoms. The fourth-order valence-electron chi connectivity index (χ4n) is 2.10. The molecule has 0 aliphatic heterocycles. The van der Waals surface area contributed by atoms with E-state index in [9.17, 15) is 14.7 Å². The van der Waals surface area contributed by atoms with E-state index in [0.29, 0.717) is 19.3 Å². The van der Waals surface area contributed by atoms with Gasteiger partial charge in [-0.15, -0.1) is 0 Å². The lowest BCUT2D eigenvalue weighted by Gasteiger charge is -2.18. The van der Waals surface area contributed by atoms with Crippen LogP contribution in [0.3, 0.4) is 0 Å². The largest absolute Gasteiger partial charge is 0.393 e. The van der Waals surface area contributed by atoms with Crippen LogP contribution < -0.4 is 22.5 Å². The van der Waals surface area contributed by atoms with Crippen LogP contribution in [0.4, 0.5) is 0 Å². The van der Waals surface area contributed by atoms with Gasteiger partial charge in [-0.1, -0.05) is 32.6 Å². The SMILES string of the molecule is CCCCCC[C@H](O)C[C@H](CCC(=O)NN)C(=O)NN. The number of rotatable bonds is 11. The van der Waals surface area contributed by atoms with Gasteiger partial charge >= 0.3 is 0 Å². The van der Waals surface area contributed by atoms with E-state index < -0.39 is 12.0 Å². The smallest absolute Gasteiger partial charge is 0.237 e. The number of nitrogens with two attached hydrogens (primary N) is 2. The number of carbonyl (C=O) groups excluding carboxylic acids is 2. The molecule has 0 heterocycles. The lowest BCUT2D eigenvalue weighted by molar-refractivity contribution is -0.127. The fourth-order valence-corrected chi connectivity index (χ4v) is 2.10.